The van der Waals surface area contributed by atoms with Crippen LogP contribution in [0.1, 0.15) is 25.8 Å². The number of rotatable bonds is 11. The molecule has 7 N–H and O–H groups in total. The molecule has 19 nitrogen and oxygen atoms in total. The van der Waals surface area contributed by atoms with Crippen molar-refractivity contribution in [1.29, 1.82) is 0 Å². The van der Waals surface area contributed by atoms with Gasteiger partial charge >= 0.3 is 0 Å². The maximum absolute atomic E-state index is 12.1. The molecule has 2 saturated heterocycles. The van der Waals surface area contributed by atoms with Crippen LogP contribution in [0, 0.1) is 5.92 Å². The van der Waals surface area contributed by atoms with Crippen LogP contribution >= 0.6 is 18.5 Å². The number of aliphatic hydroxyl groups is 1. The number of aromatic amines is 1. The summed E-state index contributed by atoms with van der Waals surface area (Å²) in [6, 6.07) is 0. The van der Waals surface area contributed by atoms with Crippen molar-refractivity contribution in [2.45, 2.75) is 56.3 Å². The molecule has 2 fully saturated rings. The van der Waals surface area contributed by atoms with Crippen LogP contribution in [0.25, 0.3) is 22.3 Å². The minimum absolute atomic E-state index is 0.0720. The molecule has 10 atom stereocenters. The zero-order chi connectivity index (χ0) is 30.2. The van der Waals surface area contributed by atoms with Crippen LogP contribution in [-0.4, -0.2) is 93.1 Å². The highest BCUT2D eigenvalue weighted by molar-refractivity contribution is 7.26. The van der Waals surface area contributed by atoms with Gasteiger partial charge in [0.25, 0.3) is 5.56 Å². The van der Waals surface area contributed by atoms with Gasteiger partial charge in [-0.1, -0.05) is 0 Å². The lowest BCUT2D eigenvalue weighted by atomic mass is 9.96. The van der Waals surface area contributed by atoms with Gasteiger partial charge in [0.15, 0.2) is 44.1 Å². The second-order valence-electron chi connectivity index (χ2n) is 10.1. The van der Waals surface area contributed by atoms with Crippen molar-refractivity contribution < 1.29 is 38.3 Å². The predicted octanol–water partition coefficient (Wildman–Crippen LogP) is -0.119. The summed E-state index contributed by atoms with van der Waals surface area (Å²) in [6.45, 7) is 2.03. The second-order valence-corrected chi connectivity index (χ2v) is 11.1. The Balaban J connectivity index is 1.06. The lowest BCUT2D eigenvalue weighted by molar-refractivity contribution is -0.293. The summed E-state index contributed by atoms with van der Waals surface area (Å²) in [5.41, 5.74) is 12.2. The van der Waals surface area contributed by atoms with E-state index >= 15 is 0 Å². The fourth-order valence-corrected chi connectivity index (χ4v) is 6.11. The number of ether oxygens (including phenoxy) is 2. The number of aliphatic hydroxyl groups excluding tert-OH is 1. The maximum atomic E-state index is 12.1. The molecular formula is C22H30N10O9P2. The van der Waals surface area contributed by atoms with Crippen molar-refractivity contribution in [2.75, 3.05) is 24.7 Å². The third kappa shape index (κ3) is 5.69. The molecule has 6 rings (SSSR count). The Morgan fingerprint density at radius 3 is 2.63 bits per heavy atom. The first-order chi connectivity index (χ1) is 20.8. The van der Waals surface area contributed by atoms with Crippen molar-refractivity contribution in [3.05, 3.63) is 29.3 Å². The van der Waals surface area contributed by atoms with E-state index in [2.05, 4.69) is 44.3 Å². The molecule has 232 valence electrons. The summed E-state index contributed by atoms with van der Waals surface area (Å²) in [5, 5.41) is 20.7. The monoisotopic (exact) mass is 640 g/mol. The topological polar surface area (TPSA) is 255 Å². The number of nitrogens with zero attached hydrogens (tertiary/aromatic N) is 7. The number of hydrogen-bond acceptors (Lipinski definition) is 16. The van der Waals surface area contributed by atoms with E-state index in [9.17, 15) is 15.2 Å². The summed E-state index contributed by atoms with van der Waals surface area (Å²) < 4.78 is 32.2. The quantitative estimate of drug-likeness (QED) is 0.0620. The molecule has 4 aromatic heterocycles. The zero-order valence-electron chi connectivity index (χ0n) is 22.6. The Labute approximate surface area is 246 Å². The van der Waals surface area contributed by atoms with Gasteiger partial charge in [-0.2, -0.15) is 4.98 Å². The van der Waals surface area contributed by atoms with Crippen molar-refractivity contribution in [3.8, 4) is 0 Å². The van der Waals surface area contributed by atoms with Gasteiger partial charge in [-0.15, -0.1) is 0 Å². The average Bonchev–Trinajstić information content (AvgIpc) is 3.77. The van der Waals surface area contributed by atoms with Gasteiger partial charge in [0.1, 0.15) is 24.1 Å². The fraction of sp³-hybridized carbons (Fsp3) is 0.545. The van der Waals surface area contributed by atoms with Crippen LogP contribution in [0.2, 0.25) is 0 Å². The number of anilines is 2. The van der Waals surface area contributed by atoms with Gasteiger partial charge in [0.05, 0.1) is 44.2 Å². The standard InChI is InChI=1S/C22H30N10O9P2/c1-8(41-42)15-10(14(33)21(39-15)31-6-27-12-16(23)25-5-26-17(12)31)4-37-43-36-3-9-2-11(40-35)20(38-9)32-7-28-13-18(32)29-22(24)30-19(13)34/h5-11,14-15,20-21,33,35,43H,2-4,42H2,1H3,(H2,23,25,26)(H3,24,29,30,34)/t8-,9+,10+,11-,14-,15?,20-,21-/m1/s1. The predicted molar refractivity (Wildman–Crippen MR) is 152 cm³/mol. The largest absolute Gasteiger partial charge is 0.388 e. The number of nitrogens with two attached hydrogens (primary N) is 2. The third-order valence-electron chi connectivity index (χ3n) is 7.46. The van der Waals surface area contributed by atoms with E-state index in [1.165, 1.54) is 23.5 Å². The Hall–Kier alpha value is -2.96. The first kappa shape index (κ1) is 30.1. The lowest BCUT2D eigenvalue weighted by Crippen LogP contribution is -2.35. The number of aromatic nitrogens is 8. The van der Waals surface area contributed by atoms with E-state index in [1.807, 2.05) is 6.92 Å². The third-order valence-corrected chi connectivity index (χ3v) is 8.45. The SMILES string of the molecule is C[C@@H](OP)C1O[C@@H](n2cnc3c(N)ncnc32)[C@H](O)[C@@H]1COPOC[C@@H]1C[C@@H](OO)[C@H](n2cnc3c(=O)[nH]c(N)nc32)O1. The number of nitrogens with one attached hydrogen (secondary N) is 1. The Bertz CT molecular complexity index is 1640. The lowest BCUT2D eigenvalue weighted by Gasteiger charge is -2.24. The van der Waals surface area contributed by atoms with Crippen molar-refractivity contribution in [1.82, 2.24) is 39.0 Å². The van der Waals surface area contributed by atoms with Crippen LogP contribution in [-0.2, 0) is 27.9 Å². The molecular weight excluding hydrogens is 610 g/mol. The van der Waals surface area contributed by atoms with Gasteiger partial charge in [0.2, 0.25) is 5.95 Å². The van der Waals surface area contributed by atoms with E-state index in [1.54, 1.807) is 4.57 Å². The molecule has 3 unspecified atom stereocenters. The molecule has 0 spiro atoms. The van der Waals surface area contributed by atoms with E-state index in [4.69, 9.17) is 34.5 Å². The second kappa shape index (κ2) is 12.6. The summed E-state index contributed by atoms with van der Waals surface area (Å²) in [6.07, 6.45) is -0.377. The Morgan fingerprint density at radius 1 is 1.12 bits per heavy atom. The number of H-pyrrole nitrogens is 1. The highest BCUT2D eigenvalue weighted by atomic mass is 31.1. The molecule has 0 aliphatic carbocycles. The molecule has 0 saturated carbocycles. The highest BCUT2D eigenvalue weighted by Gasteiger charge is 2.48. The maximum Gasteiger partial charge on any atom is 0.280 e. The number of imidazole rings is 2. The summed E-state index contributed by atoms with van der Waals surface area (Å²) in [4.78, 5) is 39.8. The van der Waals surface area contributed by atoms with E-state index in [0.717, 1.165) is 0 Å². The molecule has 43 heavy (non-hydrogen) atoms. The first-order valence-electron chi connectivity index (χ1n) is 13.1. The van der Waals surface area contributed by atoms with Gasteiger partial charge in [-0.3, -0.25) is 24.2 Å². The molecule has 6 heterocycles. The molecule has 0 bridgehead atoms. The molecule has 0 radical (unpaired) electrons. The van der Waals surface area contributed by atoms with Gasteiger partial charge in [0, 0.05) is 21.8 Å². The summed E-state index contributed by atoms with van der Waals surface area (Å²) >= 11 is 0. The van der Waals surface area contributed by atoms with Gasteiger partial charge < -0.3 is 39.6 Å². The van der Waals surface area contributed by atoms with Crippen LogP contribution in [0.15, 0.2) is 23.8 Å². The van der Waals surface area contributed by atoms with Crippen molar-refractivity contribution in [2.24, 2.45) is 5.92 Å². The molecule has 2 aliphatic heterocycles. The molecule has 0 amide bonds. The minimum atomic E-state index is -0.993. The Kier molecular flexibility index (Phi) is 8.79. The molecule has 4 aromatic rings. The summed E-state index contributed by atoms with van der Waals surface area (Å²) in [7, 11) is 1.81. The fourth-order valence-electron chi connectivity index (χ4n) is 5.36. The Morgan fingerprint density at radius 2 is 1.86 bits per heavy atom. The van der Waals surface area contributed by atoms with Crippen LogP contribution < -0.4 is 17.0 Å². The number of fused-ring (bicyclic) bond motifs is 2. The van der Waals surface area contributed by atoms with Gasteiger partial charge in [-0.05, 0) is 6.92 Å². The highest BCUT2D eigenvalue weighted by Crippen LogP contribution is 2.40. The van der Waals surface area contributed by atoms with Crippen molar-refractivity contribution >= 4 is 52.6 Å². The first-order valence-corrected chi connectivity index (χ1v) is 14.4. The zero-order valence-corrected chi connectivity index (χ0v) is 24.7. The van der Waals surface area contributed by atoms with Crippen LogP contribution in [0.4, 0.5) is 11.8 Å². The summed E-state index contributed by atoms with van der Waals surface area (Å²) in [5.74, 6) is -0.346. The van der Waals surface area contributed by atoms with Gasteiger partial charge in [-0.25, -0.2) is 24.8 Å². The number of hydrogen-bond donors (Lipinski definition) is 5. The van der Waals surface area contributed by atoms with E-state index in [0.29, 0.717) is 11.2 Å². The molecule has 21 heteroatoms. The average molecular weight is 640 g/mol. The molecule has 2 aliphatic rings. The van der Waals surface area contributed by atoms with E-state index < -0.39 is 63.5 Å². The minimum Gasteiger partial charge on any atom is -0.388 e. The van der Waals surface area contributed by atoms with Crippen LogP contribution in [0.5, 0.6) is 0 Å². The normalized spacial score (nSPS) is 28.6. The molecule has 0 aromatic carbocycles. The van der Waals surface area contributed by atoms with E-state index in [-0.39, 0.29) is 42.6 Å². The number of nitrogen functional groups attached to an aromatic ring is 2. The smallest absolute Gasteiger partial charge is 0.280 e. The van der Waals surface area contributed by atoms with Crippen LogP contribution in [0.3, 0.4) is 0 Å². The van der Waals surface area contributed by atoms with Crippen molar-refractivity contribution in [3.63, 3.8) is 0 Å².